The second-order valence-corrected chi connectivity index (χ2v) is 19.1. The van der Waals surface area contributed by atoms with Gasteiger partial charge in [0, 0.05) is 86.7 Å². The van der Waals surface area contributed by atoms with Gasteiger partial charge < -0.3 is 63.0 Å². The number of hydrogen-bond acceptors (Lipinski definition) is 20. The summed E-state index contributed by atoms with van der Waals surface area (Å²) in [6.07, 6.45) is 12.7. The first-order valence-corrected chi connectivity index (χ1v) is 28.0. The summed E-state index contributed by atoms with van der Waals surface area (Å²) in [6.45, 7) is 7.58. The first-order chi connectivity index (χ1) is 40.7. The Kier molecular flexibility index (Phi) is 37.8. The van der Waals surface area contributed by atoms with E-state index in [9.17, 15) is 24.3 Å². The van der Waals surface area contributed by atoms with Gasteiger partial charge >= 0.3 is 30.8 Å². The SMILES string of the molecule is COC(=O)C[C@@H]1Cc2ccc(OCCCCc3ncccn3)cc2CN(CCOCCOCCOCCN=[N+]=[N-])C1=O.[Li+].[N-]=[N+]=NCCOCCOCCOCCN1Cc2cc(OCCCCc3ncccn3)ccc2C[C@@H](CC(=O)O)C1=O.[OH-]. The summed E-state index contributed by atoms with van der Waals surface area (Å²) in [5, 5.41) is 16.2. The molecule has 0 aliphatic carbocycles. The van der Waals surface area contributed by atoms with Crippen LogP contribution in [-0.4, -0.2) is 190 Å². The van der Waals surface area contributed by atoms with Crippen molar-refractivity contribution in [1.82, 2.24) is 29.7 Å². The zero-order chi connectivity index (χ0) is 59.0. The molecule has 0 fully saturated rings. The number of unbranched alkanes of at least 4 members (excludes halogenated alkanes) is 2. The van der Waals surface area contributed by atoms with Gasteiger partial charge in [0.15, 0.2) is 0 Å². The average Bonchev–Trinajstić information content (AvgIpc) is 3.70. The third kappa shape index (κ3) is 29.6. The third-order valence-electron chi connectivity index (χ3n) is 13.1. The van der Waals surface area contributed by atoms with Crippen LogP contribution in [0.4, 0.5) is 0 Å². The molecular formula is C57H79LiN12O15. The van der Waals surface area contributed by atoms with Crippen molar-refractivity contribution >= 4 is 23.8 Å². The minimum atomic E-state index is -0.997. The summed E-state index contributed by atoms with van der Waals surface area (Å²) in [5.41, 5.74) is 20.3. The summed E-state index contributed by atoms with van der Waals surface area (Å²) < 4.78 is 49.7. The Balaban J connectivity index is 0.000000435. The van der Waals surface area contributed by atoms with Crippen LogP contribution in [0.3, 0.4) is 0 Å². The maximum Gasteiger partial charge on any atom is 1.00 e. The second-order valence-electron chi connectivity index (χ2n) is 19.1. The number of hydrogen-bond donors (Lipinski definition) is 1. The van der Waals surface area contributed by atoms with E-state index in [2.05, 4.69) is 40.0 Å². The summed E-state index contributed by atoms with van der Waals surface area (Å²) in [6, 6.07) is 15.3. The Labute approximate surface area is 507 Å². The van der Waals surface area contributed by atoms with Crippen LogP contribution in [-0.2, 0) is 91.1 Å². The number of nitrogens with zero attached hydrogens (tertiary/aromatic N) is 12. The summed E-state index contributed by atoms with van der Waals surface area (Å²) in [5.74, 6) is 0.283. The van der Waals surface area contributed by atoms with E-state index >= 15 is 0 Å². The number of amides is 2. The molecule has 458 valence electrons. The predicted molar refractivity (Wildman–Crippen MR) is 303 cm³/mol. The van der Waals surface area contributed by atoms with E-state index in [-0.39, 0.29) is 55.5 Å². The number of methoxy groups -OCH3 is 1. The third-order valence-corrected chi connectivity index (χ3v) is 13.1. The Morgan fingerprint density at radius 2 is 0.953 bits per heavy atom. The molecule has 6 rings (SSSR count). The standard InChI is InChI=1S/C29H40N6O7.C28H38N6O7.Li.H2O/c1-38-28(36)21-24-19-23-6-7-26(42-12-3-2-5-27-31-8-4-9-32-27)20-25(23)22-35(29(24)37)11-14-40-16-18-41-17-15-39-13-10-33-34-30;29-33-32-9-12-38-14-16-40-17-15-39-13-10-34-21-24-19-25(41-11-2-1-4-26-30-7-3-8-31-26)6-5-22(24)18-23(28(34)37)20-27(35)36;;/h4,6-9,20,24H,2-3,5,10-19,21-22H2,1H3;3,5-8,19,23H,1-2,4,9-18,20-21H2,(H,35,36);;1H2/q;;+1;/p-1/t24-;23-;;/m00../s1. The van der Waals surface area contributed by atoms with Crippen molar-refractivity contribution in [2.45, 2.75) is 77.3 Å². The molecule has 2 aromatic carbocycles. The Morgan fingerprint density at radius 3 is 1.34 bits per heavy atom. The van der Waals surface area contributed by atoms with Crippen molar-refractivity contribution in [3.63, 3.8) is 0 Å². The van der Waals surface area contributed by atoms with Crippen LogP contribution in [0, 0.1) is 11.8 Å². The Bertz CT molecular complexity index is 2640. The number of esters is 1. The molecule has 85 heavy (non-hydrogen) atoms. The molecular weight excluding hydrogens is 1100 g/mol. The normalized spacial score (nSPS) is 14.3. The minimum Gasteiger partial charge on any atom is -0.870 e. The zero-order valence-corrected chi connectivity index (χ0v) is 48.9. The maximum absolute atomic E-state index is 13.4. The molecule has 0 saturated heterocycles. The maximum atomic E-state index is 13.4. The van der Waals surface area contributed by atoms with Crippen LogP contribution >= 0.6 is 0 Å². The number of carboxylic acid groups (broad SMARTS) is 1. The van der Waals surface area contributed by atoms with Crippen LogP contribution in [0.1, 0.15) is 72.4 Å². The van der Waals surface area contributed by atoms with Crippen LogP contribution in [0.25, 0.3) is 20.9 Å². The van der Waals surface area contributed by atoms with E-state index < -0.39 is 23.8 Å². The number of carbonyl (C=O) groups excluding carboxylic acids is 3. The van der Waals surface area contributed by atoms with E-state index in [0.717, 1.165) is 83.9 Å². The van der Waals surface area contributed by atoms with Crippen molar-refractivity contribution in [3.8, 4) is 11.5 Å². The Hall–Kier alpha value is -6.98. The van der Waals surface area contributed by atoms with E-state index in [0.29, 0.717) is 138 Å². The fourth-order valence-electron chi connectivity index (χ4n) is 8.86. The smallest absolute Gasteiger partial charge is 0.870 e. The molecule has 2 aliphatic heterocycles. The van der Waals surface area contributed by atoms with Gasteiger partial charge in [-0.25, -0.2) is 19.9 Å². The summed E-state index contributed by atoms with van der Waals surface area (Å²) in [7, 11) is 1.33. The Morgan fingerprint density at radius 1 is 0.565 bits per heavy atom. The molecule has 4 heterocycles. The molecule has 0 bridgehead atoms. The van der Waals surface area contributed by atoms with Crippen molar-refractivity contribution < 1.29 is 91.3 Å². The van der Waals surface area contributed by atoms with E-state index in [4.69, 9.17) is 53.7 Å². The number of rotatable bonds is 40. The number of aryl methyl sites for hydroxylation is 2. The largest absolute Gasteiger partial charge is 1.00 e. The summed E-state index contributed by atoms with van der Waals surface area (Å²) in [4.78, 5) is 75.8. The fraction of sp³-hybridized carbons (Fsp3) is 0.579. The number of aromatic nitrogens is 4. The van der Waals surface area contributed by atoms with Gasteiger partial charge in [-0.2, -0.15) is 0 Å². The topological polar surface area (TPSA) is 357 Å². The molecule has 28 heteroatoms. The molecule has 0 spiro atoms. The predicted octanol–water partition coefficient (Wildman–Crippen LogP) is 3.34. The van der Waals surface area contributed by atoms with Crippen LogP contribution in [0.5, 0.6) is 11.5 Å². The van der Waals surface area contributed by atoms with E-state index in [1.165, 1.54) is 7.11 Å². The van der Waals surface area contributed by atoms with Gasteiger partial charge in [0.05, 0.1) is 124 Å². The van der Waals surface area contributed by atoms with Crippen molar-refractivity contribution in [2.24, 2.45) is 22.1 Å². The second kappa shape index (κ2) is 44.5. The van der Waals surface area contributed by atoms with Gasteiger partial charge in [-0.15, -0.1) is 0 Å². The molecule has 0 unspecified atom stereocenters. The molecule has 2 aliphatic rings. The quantitative estimate of drug-likeness (QED) is 0.0167. The van der Waals surface area contributed by atoms with Gasteiger partial charge in [0.2, 0.25) is 11.8 Å². The van der Waals surface area contributed by atoms with Crippen molar-refractivity contribution in [1.29, 1.82) is 0 Å². The first kappa shape index (κ1) is 72.3. The number of carboxylic acids is 1. The fourth-order valence-corrected chi connectivity index (χ4v) is 8.86. The van der Waals surface area contributed by atoms with E-state index in [1.807, 2.05) is 36.4 Å². The number of fused-ring (bicyclic) bond motifs is 2. The van der Waals surface area contributed by atoms with Crippen LogP contribution < -0.4 is 28.3 Å². The molecule has 0 saturated carbocycles. The number of ether oxygens (including phenoxy) is 9. The number of azide groups is 2. The van der Waals surface area contributed by atoms with Crippen molar-refractivity contribution in [2.75, 3.05) is 126 Å². The molecule has 27 nitrogen and oxygen atoms in total. The molecule has 2 atom stereocenters. The van der Waals surface area contributed by atoms with Crippen molar-refractivity contribution in [3.05, 3.63) is 128 Å². The van der Waals surface area contributed by atoms with Crippen LogP contribution in [0.2, 0.25) is 0 Å². The molecule has 4 aromatic rings. The first-order valence-electron chi connectivity index (χ1n) is 28.0. The minimum absolute atomic E-state index is 0. The van der Waals surface area contributed by atoms with Gasteiger partial charge in [-0.05, 0) is 108 Å². The number of aliphatic carboxylic acids is 1. The number of benzene rings is 2. The molecule has 2 amide bonds. The molecule has 2 aromatic heterocycles. The van der Waals surface area contributed by atoms with Gasteiger partial charge in [-0.3, -0.25) is 19.2 Å². The summed E-state index contributed by atoms with van der Waals surface area (Å²) >= 11 is 0. The molecule has 0 radical (unpaired) electrons. The van der Waals surface area contributed by atoms with E-state index in [1.54, 1.807) is 46.7 Å². The van der Waals surface area contributed by atoms with Gasteiger partial charge in [-0.1, -0.05) is 22.4 Å². The van der Waals surface area contributed by atoms with Gasteiger partial charge in [0.25, 0.3) is 0 Å². The monoisotopic (exact) mass is 1180 g/mol. The zero-order valence-electron chi connectivity index (χ0n) is 48.9. The number of carbonyl (C=O) groups is 4. The molecule has 2 N–H and O–H groups in total. The van der Waals surface area contributed by atoms with Gasteiger partial charge in [0.1, 0.15) is 23.1 Å². The average molecular weight is 1180 g/mol. The van der Waals surface area contributed by atoms with Crippen LogP contribution in [0.15, 0.2) is 83.5 Å².